The van der Waals surface area contributed by atoms with Gasteiger partial charge < -0.3 is 15.5 Å². The molecule has 1 aromatic carbocycles. The first-order valence-corrected chi connectivity index (χ1v) is 8.89. The normalized spacial score (nSPS) is 33.4. The number of rotatable bonds is 2. The summed E-state index contributed by atoms with van der Waals surface area (Å²) >= 11 is 0. The van der Waals surface area contributed by atoms with Crippen LogP contribution in [0, 0.1) is 0 Å². The van der Waals surface area contributed by atoms with Crippen molar-refractivity contribution < 1.29 is 10.2 Å². The average Bonchev–Trinajstić information content (AvgIpc) is 2.53. The van der Waals surface area contributed by atoms with E-state index >= 15 is 0 Å². The number of hydrogen-bond acceptors (Lipinski definition) is 3. The van der Waals surface area contributed by atoms with Gasteiger partial charge >= 0.3 is 0 Å². The predicted octanol–water partition coefficient (Wildman–Crippen LogP) is 2.77. The predicted molar refractivity (Wildman–Crippen MR) is 88.9 cm³/mol. The van der Waals surface area contributed by atoms with Gasteiger partial charge in [-0.3, -0.25) is 0 Å². The molecular formula is C19H29NO2. The maximum absolute atomic E-state index is 9.41. The van der Waals surface area contributed by atoms with Gasteiger partial charge in [0.1, 0.15) is 0 Å². The van der Waals surface area contributed by atoms with Gasteiger partial charge in [-0.15, -0.1) is 0 Å². The SMILES string of the molecule is OC1CCC(NC2CCC(O)CC2)CC1.c1cc2cc(c1)C2. The highest BCUT2D eigenvalue weighted by atomic mass is 16.3. The topological polar surface area (TPSA) is 52.5 Å². The molecule has 122 valence electrons. The van der Waals surface area contributed by atoms with E-state index in [1.807, 2.05) is 0 Å². The van der Waals surface area contributed by atoms with Crippen molar-refractivity contribution in [2.45, 2.75) is 82.1 Å². The third-order valence-corrected chi connectivity index (χ3v) is 5.26. The Morgan fingerprint density at radius 3 is 1.41 bits per heavy atom. The van der Waals surface area contributed by atoms with Crippen LogP contribution in [0.3, 0.4) is 0 Å². The number of hydrogen-bond donors (Lipinski definition) is 3. The second-order valence-electron chi connectivity index (χ2n) is 7.17. The minimum atomic E-state index is -0.0590. The van der Waals surface area contributed by atoms with Crippen molar-refractivity contribution in [3.05, 3.63) is 35.4 Å². The Kier molecular flexibility index (Phi) is 5.51. The van der Waals surface area contributed by atoms with Crippen LogP contribution < -0.4 is 5.32 Å². The highest BCUT2D eigenvalue weighted by molar-refractivity contribution is 5.37. The second kappa shape index (κ2) is 7.58. The minimum absolute atomic E-state index is 0.0590. The summed E-state index contributed by atoms with van der Waals surface area (Å²) in [6.07, 6.45) is 9.35. The van der Waals surface area contributed by atoms with E-state index in [-0.39, 0.29) is 12.2 Å². The molecule has 3 nitrogen and oxygen atoms in total. The first-order chi connectivity index (χ1) is 10.7. The van der Waals surface area contributed by atoms with Gasteiger partial charge in [0.25, 0.3) is 0 Å². The van der Waals surface area contributed by atoms with Gasteiger partial charge in [-0.2, -0.15) is 0 Å². The van der Waals surface area contributed by atoms with Crippen LogP contribution in [0.5, 0.6) is 0 Å². The fourth-order valence-corrected chi connectivity index (χ4v) is 3.77. The van der Waals surface area contributed by atoms with Crippen LogP contribution in [0.4, 0.5) is 0 Å². The Hall–Kier alpha value is -0.900. The van der Waals surface area contributed by atoms with Gasteiger partial charge in [0.15, 0.2) is 0 Å². The average molecular weight is 303 g/mol. The van der Waals surface area contributed by atoms with Crippen LogP contribution in [0.25, 0.3) is 0 Å². The molecule has 3 N–H and O–H groups in total. The minimum Gasteiger partial charge on any atom is -0.393 e. The Labute approximate surface area is 133 Å². The lowest BCUT2D eigenvalue weighted by atomic mass is 9.89. The zero-order valence-electron chi connectivity index (χ0n) is 13.4. The summed E-state index contributed by atoms with van der Waals surface area (Å²) in [6, 6.07) is 9.86. The van der Waals surface area contributed by atoms with Gasteiger partial charge in [-0.05, 0) is 68.9 Å². The summed E-state index contributed by atoms with van der Waals surface area (Å²) in [5.74, 6) is 0. The van der Waals surface area contributed by atoms with E-state index in [4.69, 9.17) is 0 Å². The van der Waals surface area contributed by atoms with Crippen molar-refractivity contribution in [1.29, 1.82) is 0 Å². The van der Waals surface area contributed by atoms with Crippen LogP contribution in [-0.2, 0) is 6.42 Å². The largest absolute Gasteiger partial charge is 0.393 e. The molecule has 22 heavy (non-hydrogen) atoms. The van der Waals surface area contributed by atoms with Gasteiger partial charge in [0.2, 0.25) is 0 Å². The van der Waals surface area contributed by atoms with Crippen LogP contribution >= 0.6 is 0 Å². The maximum atomic E-state index is 9.41. The van der Waals surface area contributed by atoms with Crippen LogP contribution in [-0.4, -0.2) is 34.5 Å². The van der Waals surface area contributed by atoms with Gasteiger partial charge in [-0.1, -0.05) is 24.3 Å². The molecule has 0 amide bonds. The Bertz CT molecular complexity index is 416. The van der Waals surface area contributed by atoms with E-state index in [1.165, 1.54) is 17.5 Å². The highest BCUT2D eigenvalue weighted by Gasteiger charge is 2.24. The third kappa shape index (κ3) is 4.55. The third-order valence-electron chi connectivity index (χ3n) is 5.26. The molecule has 0 atom stereocenters. The first-order valence-electron chi connectivity index (χ1n) is 8.89. The Morgan fingerprint density at radius 1 is 0.727 bits per heavy atom. The van der Waals surface area contributed by atoms with E-state index in [0.29, 0.717) is 12.1 Å². The van der Waals surface area contributed by atoms with Gasteiger partial charge in [0.05, 0.1) is 12.2 Å². The molecule has 4 aliphatic carbocycles. The lowest BCUT2D eigenvalue weighted by Crippen LogP contribution is -2.43. The number of aliphatic hydroxyl groups is 2. The molecule has 3 heteroatoms. The zero-order chi connectivity index (χ0) is 15.4. The Balaban J connectivity index is 0.000000169. The quantitative estimate of drug-likeness (QED) is 0.799. The molecule has 4 aliphatic rings. The van der Waals surface area contributed by atoms with Crippen molar-refractivity contribution in [2.75, 3.05) is 0 Å². The van der Waals surface area contributed by atoms with Crippen molar-refractivity contribution in [1.82, 2.24) is 5.32 Å². The molecule has 0 heterocycles. The standard InChI is InChI=1S/C12H23NO2.C7H6/c14-11-5-1-9(2-6-11)13-10-3-7-12(15)8-4-10;1-2-6-4-7(3-1)5-6/h9-15H,1-8H2;1-4H,5H2. The zero-order valence-corrected chi connectivity index (χ0v) is 13.4. The van der Waals surface area contributed by atoms with E-state index in [0.717, 1.165) is 51.4 Å². The van der Waals surface area contributed by atoms with E-state index in [2.05, 4.69) is 29.6 Å². The first kappa shape index (κ1) is 16.0. The molecule has 5 rings (SSSR count). The fourth-order valence-electron chi connectivity index (χ4n) is 3.77. The van der Waals surface area contributed by atoms with E-state index < -0.39 is 0 Å². The number of aliphatic hydroxyl groups excluding tert-OH is 2. The summed E-state index contributed by atoms with van der Waals surface area (Å²) < 4.78 is 0. The lowest BCUT2D eigenvalue weighted by molar-refractivity contribution is 0.0963. The molecule has 2 bridgehead atoms. The molecule has 0 aromatic heterocycles. The molecule has 0 unspecified atom stereocenters. The number of fused-ring (bicyclic) bond motifs is 2. The van der Waals surface area contributed by atoms with Gasteiger partial charge in [0, 0.05) is 12.1 Å². The molecule has 2 saturated carbocycles. The van der Waals surface area contributed by atoms with Crippen molar-refractivity contribution in [2.24, 2.45) is 0 Å². The van der Waals surface area contributed by atoms with Crippen molar-refractivity contribution in [3.8, 4) is 0 Å². The van der Waals surface area contributed by atoms with Crippen LogP contribution in [0.15, 0.2) is 24.3 Å². The second-order valence-corrected chi connectivity index (χ2v) is 7.17. The molecular weight excluding hydrogens is 274 g/mol. The summed E-state index contributed by atoms with van der Waals surface area (Å²) in [6.45, 7) is 0. The van der Waals surface area contributed by atoms with Crippen LogP contribution in [0.1, 0.15) is 62.5 Å². The monoisotopic (exact) mass is 303 g/mol. The molecule has 0 spiro atoms. The van der Waals surface area contributed by atoms with E-state index in [9.17, 15) is 10.2 Å². The molecule has 0 radical (unpaired) electrons. The fraction of sp³-hybridized carbons (Fsp3) is 0.684. The summed E-state index contributed by atoms with van der Waals surface area (Å²) in [4.78, 5) is 0. The van der Waals surface area contributed by atoms with Gasteiger partial charge in [-0.25, -0.2) is 0 Å². The Morgan fingerprint density at radius 2 is 1.14 bits per heavy atom. The summed E-state index contributed by atoms with van der Waals surface area (Å²) in [5.41, 5.74) is 2.97. The molecule has 0 saturated heterocycles. The van der Waals surface area contributed by atoms with Crippen LogP contribution in [0.2, 0.25) is 0 Å². The van der Waals surface area contributed by atoms with Crippen molar-refractivity contribution >= 4 is 0 Å². The maximum Gasteiger partial charge on any atom is 0.0541 e. The lowest BCUT2D eigenvalue weighted by Gasteiger charge is -2.33. The van der Waals surface area contributed by atoms with Crippen molar-refractivity contribution in [3.63, 3.8) is 0 Å². The summed E-state index contributed by atoms with van der Waals surface area (Å²) in [7, 11) is 0. The summed E-state index contributed by atoms with van der Waals surface area (Å²) in [5, 5.41) is 22.5. The number of nitrogens with one attached hydrogen (secondary N) is 1. The molecule has 1 aromatic rings. The van der Waals surface area contributed by atoms with E-state index in [1.54, 1.807) is 0 Å². The highest BCUT2D eigenvalue weighted by Crippen LogP contribution is 2.23. The molecule has 2 fully saturated rings. The smallest absolute Gasteiger partial charge is 0.0541 e. The molecule has 0 aliphatic heterocycles. The number of benzene rings is 1.